The van der Waals surface area contributed by atoms with Crippen molar-refractivity contribution in [2.75, 3.05) is 5.32 Å². The first kappa shape index (κ1) is 10.5. The molecule has 0 atom stereocenters. The number of aryl methyl sites for hydroxylation is 1. The second-order valence-corrected chi connectivity index (χ2v) is 4.83. The van der Waals surface area contributed by atoms with Crippen LogP contribution >= 0.6 is 0 Å². The van der Waals surface area contributed by atoms with E-state index >= 15 is 0 Å². The number of fused-ring (bicyclic) bond motifs is 1. The number of anilines is 2. The van der Waals surface area contributed by atoms with Crippen molar-refractivity contribution in [3.63, 3.8) is 0 Å². The molecule has 2 aromatic heterocycles. The maximum atomic E-state index is 5.56. The van der Waals surface area contributed by atoms with Gasteiger partial charge in [-0.15, -0.1) is 5.10 Å². The monoisotopic (exact) mass is 256 g/mol. The second kappa shape index (κ2) is 3.81. The highest BCUT2D eigenvalue weighted by atomic mass is 16.4. The Balaban J connectivity index is 1.62. The minimum absolute atomic E-state index is 0.324. The molecule has 1 fully saturated rings. The van der Waals surface area contributed by atoms with Crippen molar-refractivity contribution in [1.82, 2.24) is 15.2 Å². The number of benzene rings is 1. The number of oxazole rings is 1. The maximum Gasteiger partial charge on any atom is 0.323 e. The summed E-state index contributed by atoms with van der Waals surface area (Å²) in [6.07, 6.45) is 2.26. The van der Waals surface area contributed by atoms with Gasteiger partial charge in [-0.25, -0.2) is 0 Å². The highest BCUT2D eigenvalue weighted by Gasteiger charge is 2.29. The average Bonchev–Trinajstić information content (AvgIpc) is 3.01. The largest absolute Gasteiger partial charge is 0.423 e. The first-order chi connectivity index (χ1) is 9.28. The molecule has 1 saturated carbocycles. The van der Waals surface area contributed by atoms with Gasteiger partial charge in [-0.2, -0.15) is 4.98 Å². The molecular formula is C13H12N4O2. The van der Waals surface area contributed by atoms with Crippen molar-refractivity contribution in [3.05, 3.63) is 29.7 Å². The van der Waals surface area contributed by atoms with E-state index in [2.05, 4.69) is 20.5 Å². The van der Waals surface area contributed by atoms with E-state index in [0.29, 0.717) is 23.8 Å². The molecule has 6 nitrogen and oxygen atoms in total. The summed E-state index contributed by atoms with van der Waals surface area (Å²) in [5.41, 5.74) is 2.68. The van der Waals surface area contributed by atoms with Gasteiger partial charge < -0.3 is 8.83 Å². The lowest BCUT2D eigenvalue weighted by molar-refractivity contribution is 0.506. The SMILES string of the molecule is Cc1ccc2oc(Nc3nnc(C4CC4)o3)nc2c1. The van der Waals surface area contributed by atoms with Crippen LogP contribution < -0.4 is 5.32 Å². The third-order valence-electron chi connectivity index (χ3n) is 3.12. The lowest BCUT2D eigenvalue weighted by Crippen LogP contribution is -1.89. The van der Waals surface area contributed by atoms with Crippen molar-refractivity contribution in [3.8, 4) is 0 Å². The van der Waals surface area contributed by atoms with Gasteiger partial charge in [-0.05, 0) is 37.5 Å². The van der Waals surface area contributed by atoms with Gasteiger partial charge >= 0.3 is 12.0 Å². The van der Waals surface area contributed by atoms with E-state index in [1.165, 1.54) is 0 Å². The van der Waals surface area contributed by atoms with E-state index in [4.69, 9.17) is 8.83 Å². The van der Waals surface area contributed by atoms with Gasteiger partial charge in [-0.1, -0.05) is 11.2 Å². The predicted octanol–water partition coefficient (Wildman–Crippen LogP) is 3.14. The van der Waals surface area contributed by atoms with Gasteiger partial charge in [0.25, 0.3) is 0 Å². The first-order valence-electron chi connectivity index (χ1n) is 6.25. The fraction of sp³-hybridized carbons (Fsp3) is 0.308. The molecule has 19 heavy (non-hydrogen) atoms. The number of nitrogens with one attached hydrogen (secondary N) is 1. The minimum Gasteiger partial charge on any atom is -0.423 e. The molecule has 6 heteroatoms. The molecule has 1 aliphatic carbocycles. The fourth-order valence-electron chi connectivity index (χ4n) is 1.96. The van der Waals surface area contributed by atoms with Gasteiger partial charge in [0.05, 0.1) is 0 Å². The zero-order valence-electron chi connectivity index (χ0n) is 10.4. The Morgan fingerprint density at radius 1 is 1.16 bits per heavy atom. The third kappa shape index (κ3) is 1.95. The van der Waals surface area contributed by atoms with Gasteiger partial charge in [0.2, 0.25) is 5.89 Å². The Kier molecular flexibility index (Phi) is 2.11. The first-order valence-corrected chi connectivity index (χ1v) is 6.25. The molecule has 96 valence electrons. The van der Waals surface area contributed by atoms with Crippen LogP contribution in [0.3, 0.4) is 0 Å². The van der Waals surface area contributed by atoms with Crippen LogP contribution in [0.1, 0.15) is 30.2 Å². The van der Waals surface area contributed by atoms with Gasteiger partial charge in [0, 0.05) is 5.92 Å². The lowest BCUT2D eigenvalue weighted by Gasteiger charge is -1.91. The highest BCUT2D eigenvalue weighted by Crippen LogP contribution is 2.39. The molecule has 0 bridgehead atoms. The number of hydrogen-bond donors (Lipinski definition) is 1. The smallest absolute Gasteiger partial charge is 0.323 e. The summed E-state index contributed by atoms with van der Waals surface area (Å²) in [4.78, 5) is 4.33. The summed E-state index contributed by atoms with van der Waals surface area (Å²) in [6.45, 7) is 2.02. The predicted molar refractivity (Wildman–Crippen MR) is 68.3 cm³/mol. The zero-order valence-corrected chi connectivity index (χ0v) is 10.4. The van der Waals surface area contributed by atoms with Crippen molar-refractivity contribution in [2.45, 2.75) is 25.7 Å². The van der Waals surface area contributed by atoms with Crippen LogP contribution in [0.4, 0.5) is 12.0 Å². The van der Waals surface area contributed by atoms with Crippen molar-refractivity contribution >= 4 is 23.1 Å². The Bertz CT molecular complexity index is 742. The fourth-order valence-corrected chi connectivity index (χ4v) is 1.96. The summed E-state index contributed by atoms with van der Waals surface area (Å²) >= 11 is 0. The molecule has 0 unspecified atom stereocenters. The second-order valence-electron chi connectivity index (χ2n) is 4.83. The molecule has 1 aromatic carbocycles. The molecular weight excluding hydrogens is 244 g/mol. The lowest BCUT2D eigenvalue weighted by atomic mass is 10.2. The summed E-state index contributed by atoms with van der Waals surface area (Å²) in [5.74, 6) is 1.13. The molecule has 2 heterocycles. The average molecular weight is 256 g/mol. The molecule has 0 aliphatic heterocycles. The summed E-state index contributed by atoms with van der Waals surface area (Å²) in [6, 6.07) is 6.53. The van der Waals surface area contributed by atoms with Crippen molar-refractivity contribution < 1.29 is 8.83 Å². The van der Waals surface area contributed by atoms with Crippen LogP contribution in [0, 0.1) is 6.92 Å². The topological polar surface area (TPSA) is 77.0 Å². The van der Waals surface area contributed by atoms with E-state index in [1.807, 2.05) is 25.1 Å². The Hall–Kier alpha value is -2.37. The highest BCUT2D eigenvalue weighted by molar-refractivity contribution is 5.75. The van der Waals surface area contributed by atoms with Crippen LogP contribution in [-0.4, -0.2) is 15.2 Å². The summed E-state index contributed by atoms with van der Waals surface area (Å²) in [7, 11) is 0. The quantitative estimate of drug-likeness (QED) is 0.775. The van der Waals surface area contributed by atoms with Crippen LogP contribution in [0.2, 0.25) is 0 Å². The third-order valence-corrected chi connectivity index (χ3v) is 3.12. The normalized spacial score (nSPS) is 15.0. The van der Waals surface area contributed by atoms with Crippen LogP contribution in [0.5, 0.6) is 0 Å². The van der Waals surface area contributed by atoms with E-state index in [9.17, 15) is 0 Å². The Morgan fingerprint density at radius 3 is 2.89 bits per heavy atom. The minimum atomic E-state index is 0.324. The van der Waals surface area contributed by atoms with Crippen molar-refractivity contribution in [1.29, 1.82) is 0 Å². The van der Waals surface area contributed by atoms with Crippen LogP contribution in [-0.2, 0) is 0 Å². The maximum absolute atomic E-state index is 5.56. The van der Waals surface area contributed by atoms with Crippen LogP contribution in [0.25, 0.3) is 11.1 Å². The van der Waals surface area contributed by atoms with E-state index in [0.717, 1.165) is 29.5 Å². The number of rotatable bonds is 3. The molecule has 3 aromatic rings. The zero-order chi connectivity index (χ0) is 12.8. The number of nitrogens with zero attached hydrogens (tertiary/aromatic N) is 3. The molecule has 4 rings (SSSR count). The number of aromatic nitrogens is 3. The Morgan fingerprint density at radius 2 is 2.05 bits per heavy atom. The standard InChI is InChI=1S/C13H12N4O2/c1-7-2-5-10-9(6-7)14-12(18-10)15-13-17-16-11(19-13)8-3-4-8/h2,5-6,8H,3-4H2,1H3,(H,14,15,17). The van der Waals surface area contributed by atoms with E-state index in [-0.39, 0.29) is 0 Å². The van der Waals surface area contributed by atoms with Crippen LogP contribution in [0.15, 0.2) is 27.0 Å². The number of hydrogen-bond acceptors (Lipinski definition) is 6. The van der Waals surface area contributed by atoms with Gasteiger partial charge in [-0.3, -0.25) is 5.32 Å². The van der Waals surface area contributed by atoms with Crippen molar-refractivity contribution in [2.24, 2.45) is 0 Å². The van der Waals surface area contributed by atoms with Gasteiger partial charge in [0.15, 0.2) is 5.58 Å². The molecule has 0 amide bonds. The van der Waals surface area contributed by atoms with E-state index in [1.54, 1.807) is 0 Å². The molecule has 0 spiro atoms. The van der Waals surface area contributed by atoms with Gasteiger partial charge in [0.1, 0.15) is 5.52 Å². The molecule has 0 radical (unpaired) electrons. The summed E-state index contributed by atoms with van der Waals surface area (Å²) < 4.78 is 11.1. The Labute approximate surface area is 108 Å². The molecule has 1 aliphatic rings. The summed E-state index contributed by atoms with van der Waals surface area (Å²) in [5, 5.41) is 10.8. The molecule has 1 N–H and O–H groups in total. The molecule has 0 saturated heterocycles. The van der Waals surface area contributed by atoms with E-state index < -0.39 is 0 Å².